The second-order valence-corrected chi connectivity index (χ2v) is 6.27. The molecule has 1 aliphatic heterocycles. The summed E-state index contributed by atoms with van der Waals surface area (Å²) in [5.41, 5.74) is 3.49. The van der Waals surface area contributed by atoms with Gasteiger partial charge in [-0.15, -0.1) is 0 Å². The topological polar surface area (TPSA) is 95.0 Å². The third kappa shape index (κ3) is 1.96. The van der Waals surface area contributed by atoms with Crippen molar-refractivity contribution in [3.63, 3.8) is 0 Å². The number of nitrogens with one attached hydrogen (secondary N) is 2. The van der Waals surface area contributed by atoms with E-state index in [-0.39, 0.29) is 11.1 Å². The zero-order chi connectivity index (χ0) is 17.8. The standard InChI is InChI=1S/C20H14N4O2/c21-24-19(25)17(15-9-11-5-1-3-7-13(11)22-15)18(20(24)26)16-10-12-6-2-4-8-14(12)23-16/h1-10,22-23H,21H2. The first-order valence-electron chi connectivity index (χ1n) is 8.17. The monoisotopic (exact) mass is 342 g/mol. The molecular weight excluding hydrogens is 328 g/mol. The van der Waals surface area contributed by atoms with Crippen molar-refractivity contribution in [2.45, 2.75) is 0 Å². The summed E-state index contributed by atoms with van der Waals surface area (Å²) < 4.78 is 0. The largest absolute Gasteiger partial charge is 0.354 e. The molecule has 6 nitrogen and oxygen atoms in total. The van der Waals surface area contributed by atoms with E-state index in [1.165, 1.54) is 0 Å². The van der Waals surface area contributed by atoms with Crippen LogP contribution in [0.3, 0.4) is 0 Å². The van der Waals surface area contributed by atoms with Crippen LogP contribution in [0.4, 0.5) is 0 Å². The smallest absolute Gasteiger partial charge is 0.278 e. The van der Waals surface area contributed by atoms with Gasteiger partial charge in [0.1, 0.15) is 0 Å². The fourth-order valence-corrected chi connectivity index (χ4v) is 3.46. The summed E-state index contributed by atoms with van der Waals surface area (Å²) in [5.74, 6) is 4.69. The fraction of sp³-hybridized carbons (Fsp3) is 0. The summed E-state index contributed by atoms with van der Waals surface area (Å²) in [4.78, 5) is 31.8. The number of nitrogens with two attached hydrogens (primary N) is 1. The number of aromatic amines is 2. The van der Waals surface area contributed by atoms with E-state index in [1.807, 2.05) is 60.7 Å². The normalized spacial score (nSPS) is 15.0. The number of aromatic nitrogens is 2. The minimum absolute atomic E-state index is 0.278. The number of H-pyrrole nitrogens is 2. The lowest BCUT2D eigenvalue weighted by atomic mass is 10.0. The number of nitrogens with zero attached hydrogens (tertiary/aromatic N) is 1. The van der Waals surface area contributed by atoms with E-state index in [2.05, 4.69) is 9.97 Å². The summed E-state index contributed by atoms with van der Waals surface area (Å²) in [6, 6.07) is 19.1. The third-order valence-electron chi connectivity index (χ3n) is 4.71. The van der Waals surface area contributed by atoms with Crippen LogP contribution in [0.1, 0.15) is 11.4 Å². The van der Waals surface area contributed by atoms with Crippen LogP contribution < -0.4 is 5.84 Å². The summed E-state index contributed by atoms with van der Waals surface area (Å²) in [6.07, 6.45) is 0. The van der Waals surface area contributed by atoms with Gasteiger partial charge in [0.2, 0.25) is 0 Å². The summed E-state index contributed by atoms with van der Waals surface area (Å²) >= 11 is 0. The molecule has 0 unspecified atom stereocenters. The molecule has 0 atom stereocenters. The average Bonchev–Trinajstić information content (AvgIpc) is 3.32. The Morgan fingerprint density at radius 1 is 0.692 bits per heavy atom. The quantitative estimate of drug-likeness (QED) is 0.297. The molecule has 0 radical (unpaired) electrons. The predicted octanol–water partition coefficient (Wildman–Crippen LogP) is 2.80. The number of carbonyl (C=O) groups is 2. The molecule has 5 rings (SSSR count). The number of amides is 2. The van der Waals surface area contributed by atoms with Crippen molar-refractivity contribution in [3.05, 3.63) is 72.1 Å². The summed E-state index contributed by atoms with van der Waals surface area (Å²) in [6.45, 7) is 0. The van der Waals surface area contributed by atoms with Crippen LogP contribution >= 0.6 is 0 Å². The van der Waals surface area contributed by atoms with Gasteiger partial charge in [0.15, 0.2) is 0 Å². The molecule has 0 fully saturated rings. The number of fused-ring (bicyclic) bond motifs is 2. The van der Waals surface area contributed by atoms with Crippen LogP contribution in [0, 0.1) is 0 Å². The van der Waals surface area contributed by atoms with E-state index in [9.17, 15) is 9.59 Å². The van der Waals surface area contributed by atoms with Gasteiger partial charge in [0.05, 0.1) is 22.5 Å². The van der Waals surface area contributed by atoms with Gasteiger partial charge in [-0.3, -0.25) is 9.59 Å². The molecule has 0 saturated carbocycles. The highest BCUT2D eigenvalue weighted by Crippen LogP contribution is 2.35. The molecule has 6 heteroatoms. The Balaban J connectivity index is 1.79. The highest BCUT2D eigenvalue weighted by atomic mass is 16.2. The van der Waals surface area contributed by atoms with Gasteiger partial charge in [-0.1, -0.05) is 36.4 Å². The Bertz CT molecular complexity index is 1080. The van der Waals surface area contributed by atoms with Crippen LogP contribution in [0.5, 0.6) is 0 Å². The molecule has 2 aromatic heterocycles. The van der Waals surface area contributed by atoms with Crippen LogP contribution in [0.25, 0.3) is 33.0 Å². The minimum Gasteiger partial charge on any atom is -0.354 e. The molecule has 1 aliphatic rings. The summed E-state index contributed by atoms with van der Waals surface area (Å²) in [7, 11) is 0. The van der Waals surface area contributed by atoms with Crippen molar-refractivity contribution in [2.75, 3.05) is 0 Å². The molecule has 2 aromatic carbocycles. The maximum Gasteiger partial charge on any atom is 0.278 e. The van der Waals surface area contributed by atoms with Gasteiger partial charge in [-0.2, -0.15) is 0 Å². The van der Waals surface area contributed by atoms with Gasteiger partial charge < -0.3 is 9.97 Å². The van der Waals surface area contributed by atoms with E-state index < -0.39 is 11.8 Å². The van der Waals surface area contributed by atoms with E-state index in [1.54, 1.807) is 0 Å². The Hall–Kier alpha value is -3.64. The summed E-state index contributed by atoms with van der Waals surface area (Å²) in [5, 5.41) is 2.59. The van der Waals surface area contributed by atoms with Crippen molar-refractivity contribution in [2.24, 2.45) is 5.84 Å². The average molecular weight is 342 g/mol. The Labute approximate surface area is 147 Å². The number of hydrazine groups is 1. The lowest BCUT2D eigenvalue weighted by Crippen LogP contribution is -2.37. The van der Waals surface area contributed by atoms with Gasteiger partial charge in [0.25, 0.3) is 11.8 Å². The highest BCUT2D eigenvalue weighted by Gasteiger charge is 2.39. The number of hydrogen-bond donors (Lipinski definition) is 3. The molecule has 3 heterocycles. The van der Waals surface area contributed by atoms with Crippen LogP contribution in [-0.4, -0.2) is 26.8 Å². The lowest BCUT2D eigenvalue weighted by Gasteiger charge is -2.05. The molecule has 126 valence electrons. The fourth-order valence-electron chi connectivity index (χ4n) is 3.46. The number of rotatable bonds is 2. The van der Waals surface area contributed by atoms with Crippen LogP contribution in [-0.2, 0) is 9.59 Å². The lowest BCUT2D eigenvalue weighted by molar-refractivity contribution is -0.136. The number of imide groups is 1. The maximum atomic E-state index is 12.7. The van der Waals surface area contributed by atoms with Crippen molar-refractivity contribution < 1.29 is 9.59 Å². The van der Waals surface area contributed by atoms with E-state index in [0.29, 0.717) is 16.4 Å². The van der Waals surface area contributed by atoms with Crippen molar-refractivity contribution >= 4 is 44.8 Å². The van der Waals surface area contributed by atoms with Crippen LogP contribution in [0.2, 0.25) is 0 Å². The van der Waals surface area contributed by atoms with Gasteiger partial charge >= 0.3 is 0 Å². The Morgan fingerprint density at radius 2 is 1.12 bits per heavy atom. The van der Waals surface area contributed by atoms with Crippen molar-refractivity contribution in [1.29, 1.82) is 0 Å². The molecule has 0 saturated heterocycles. The van der Waals surface area contributed by atoms with E-state index in [0.717, 1.165) is 21.8 Å². The van der Waals surface area contributed by atoms with Gasteiger partial charge in [-0.05, 0) is 24.3 Å². The molecule has 0 aliphatic carbocycles. The zero-order valence-electron chi connectivity index (χ0n) is 13.6. The Kier molecular flexibility index (Phi) is 2.92. The van der Waals surface area contributed by atoms with Crippen molar-refractivity contribution in [3.8, 4) is 0 Å². The predicted molar refractivity (Wildman–Crippen MR) is 99.5 cm³/mol. The van der Waals surface area contributed by atoms with Gasteiger partial charge in [0, 0.05) is 21.8 Å². The first-order chi connectivity index (χ1) is 12.6. The SMILES string of the molecule is NN1C(=O)C(c2cc3ccccc3[nH]2)=C(c2cc3ccccc3[nH]2)C1=O. The molecule has 4 N–H and O–H groups in total. The van der Waals surface area contributed by atoms with Crippen molar-refractivity contribution in [1.82, 2.24) is 15.0 Å². The molecule has 26 heavy (non-hydrogen) atoms. The van der Waals surface area contributed by atoms with E-state index in [4.69, 9.17) is 5.84 Å². The number of benzene rings is 2. The minimum atomic E-state index is -0.518. The molecule has 0 spiro atoms. The number of hydrogen-bond acceptors (Lipinski definition) is 3. The highest BCUT2D eigenvalue weighted by molar-refractivity contribution is 6.48. The molecular formula is C20H14N4O2. The number of carbonyl (C=O) groups excluding carboxylic acids is 2. The second kappa shape index (κ2) is 5.18. The Morgan fingerprint density at radius 3 is 1.54 bits per heavy atom. The molecule has 4 aromatic rings. The second-order valence-electron chi connectivity index (χ2n) is 6.27. The van der Waals surface area contributed by atoms with Crippen LogP contribution in [0.15, 0.2) is 60.7 Å². The van der Waals surface area contributed by atoms with E-state index >= 15 is 0 Å². The maximum absolute atomic E-state index is 12.7. The number of para-hydroxylation sites is 2. The first-order valence-corrected chi connectivity index (χ1v) is 8.17. The zero-order valence-corrected chi connectivity index (χ0v) is 13.6. The molecule has 0 bridgehead atoms. The molecule has 2 amide bonds. The third-order valence-corrected chi connectivity index (χ3v) is 4.71. The van der Waals surface area contributed by atoms with Gasteiger partial charge in [-0.25, -0.2) is 10.9 Å². The first kappa shape index (κ1) is 14.7.